The number of aryl methyl sites for hydroxylation is 1. The van der Waals surface area contributed by atoms with E-state index in [1.54, 1.807) is 36.1 Å². The molecule has 3 rings (SSSR count). The monoisotopic (exact) mass is 461 g/mol. The van der Waals surface area contributed by atoms with Gasteiger partial charge in [0.05, 0.1) is 17.1 Å². The van der Waals surface area contributed by atoms with Crippen molar-refractivity contribution in [1.82, 2.24) is 4.90 Å². The number of nitro groups is 1. The first-order valence-corrected chi connectivity index (χ1v) is 10.5. The maximum absolute atomic E-state index is 12.5. The Balaban J connectivity index is 1.61. The van der Waals surface area contributed by atoms with E-state index in [0.717, 1.165) is 5.56 Å². The fourth-order valence-corrected chi connectivity index (χ4v) is 3.71. The van der Waals surface area contributed by atoms with Crippen LogP contribution < -0.4 is 9.64 Å². The first-order valence-electron chi connectivity index (χ1n) is 10.2. The molecule has 10 heteroatoms. The van der Waals surface area contributed by atoms with Crippen molar-refractivity contribution in [3.05, 3.63) is 62.7 Å². The molecule has 1 amide bonds. The third kappa shape index (κ3) is 5.47. The second kappa shape index (κ2) is 10.3. The zero-order chi connectivity index (χ0) is 23.3. The molecule has 1 saturated heterocycles. The normalized spacial score (nSPS) is 13.6. The van der Waals surface area contributed by atoms with Crippen molar-refractivity contribution in [2.24, 2.45) is 0 Å². The Morgan fingerprint density at radius 1 is 1.12 bits per heavy atom. The number of amides is 1. The van der Waals surface area contributed by atoms with Crippen LogP contribution in [0.2, 0.25) is 5.02 Å². The van der Waals surface area contributed by atoms with E-state index in [1.807, 2.05) is 11.8 Å². The highest BCUT2D eigenvalue weighted by molar-refractivity contribution is 6.30. The van der Waals surface area contributed by atoms with Gasteiger partial charge in [0.2, 0.25) is 0 Å². The van der Waals surface area contributed by atoms with Gasteiger partial charge in [0.1, 0.15) is 11.4 Å². The Morgan fingerprint density at radius 2 is 1.84 bits per heavy atom. The Labute approximate surface area is 190 Å². The zero-order valence-corrected chi connectivity index (χ0v) is 18.6. The molecule has 0 radical (unpaired) electrons. The van der Waals surface area contributed by atoms with Crippen LogP contribution in [-0.2, 0) is 9.53 Å². The standard InChI is InChI=1S/C22H24ClN3O6/c1-3-31-22(28)16-4-6-18(19(13-16)26(29)30)24-8-10-25(11-9-24)21(27)14-32-20-7-5-17(23)12-15(20)2/h4-7,12-13H,3,8-11,14H2,1-2H3. The summed E-state index contributed by atoms with van der Waals surface area (Å²) in [6.45, 7) is 5.25. The van der Waals surface area contributed by atoms with Gasteiger partial charge in [-0.25, -0.2) is 4.79 Å². The number of rotatable bonds is 7. The minimum absolute atomic E-state index is 0.100. The number of esters is 1. The van der Waals surface area contributed by atoms with Gasteiger partial charge in [-0.2, -0.15) is 0 Å². The lowest BCUT2D eigenvalue weighted by molar-refractivity contribution is -0.384. The minimum atomic E-state index is -0.603. The quantitative estimate of drug-likeness (QED) is 0.353. The molecule has 0 aromatic heterocycles. The Bertz CT molecular complexity index is 1020. The Kier molecular flexibility index (Phi) is 7.53. The average molecular weight is 462 g/mol. The first kappa shape index (κ1) is 23.3. The van der Waals surface area contributed by atoms with Crippen LogP contribution in [0.5, 0.6) is 5.75 Å². The average Bonchev–Trinajstić information content (AvgIpc) is 2.78. The van der Waals surface area contributed by atoms with Crippen LogP contribution >= 0.6 is 11.6 Å². The van der Waals surface area contributed by atoms with E-state index < -0.39 is 10.9 Å². The number of ether oxygens (including phenoxy) is 2. The van der Waals surface area contributed by atoms with Crippen molar-refractivity contribution >= 4 is 34.9 Å². The number of hydrogen-bond acceptors (Lipinski definition) is 7. The number of nitro benzene ring substituents is 1. The SMILES string of the molecule is CCOC(=O)c1ccc(N2CCN(C(=O)COc3ccc(Cl)cc3C)CC2)c([N+](=O)[O-])c1. The molecule has 2 aromatic rings. The zero-order valence-electron chi connectivity index (χ0n) is 17.9. The maximum Gasteiger partial charge on any atom is 0.338 e. The first-order chi connectivity index (χ1) is 15.3. The van der Waals surface area contributed by atoms with Gasteiger partial charge in [-0.1, -0.05) is 11.6 Å². The van der Waals surface area contributed by atoms with E-state index >= 15 is 0 Å². The van der Waals surface area contributed by atoms with Crippen molar-refractivity contribution in [2.45, 2.75) is 13.8 Å². The fraction of sp³-hybridized carbons (Fsp3) is 0.364. The molecule has 0 atom stereocenters. The number of hydrogen-bond donors (Lipinski definition) is 0. The molecule has 9 nitrogen and oxygen atoms in total. The lowest BCUT2D eigenvalue weighted by atomic mass is 10.1. The summed E-state index contributed by atoms with van der Waals surface area (Å²) in [4.78, 5) is 39.0. The topological polar surface area (TPSA) is 102 Å². The predicted octanol–water partition coefficient (Wildman–Crippen LogP) is 3.46. The number of benzene rings is 2. The summed E-state index contributed by atoms with van der Waals surface area (Å²) < 4.78 is 10.5. The summed E-state index contributed by atoms with van der Waals surface area (Å²) in [7, 11) is 0. The summed E-state index contributed by atoms with van der Waals surface area (Å²) in [5.74, 6) is -0.168. The maximum atomic E-state index is 12.5. The highest BCUT2D eigenvalue weighted by Gasteiger charge is 2.27. The van der Waals surface area contributed by atoms with Crippen LogP contribution in [0.1, 0.15) is 22.8 Å². The molecular weight excluding hydrogens is 438 g/mol. The van der Waals surface area contributed by atoms with Gasteiger partial charge in [0.25, 0.3) is 11.6 Å². The van der Waals surface area contributed by atoms with Gasteiger partial charge in [-0.3, -0.25) is 14.9 Å². The number of halogens is 1. The molecule has 0 N–H and O–H groups in total. The lowest BCUT2D eigenvalue weighted by Gasteiger charge is -2.35. The number of piperazine rings is 1. The van der Waals surface area contributed by atoms with Gasteiger partial charge in [-0.15, -0.1) is 0 Å². The molecule has 1 fully saturated rings. The van der Waals surface area contributed by atoms with Crippen LogP contribution in [0.4, 0.5) is 11.4 Å². The van der Waals surface area contributed by atoms with E-state index in [2.05, 4.69) is 0 Å². The summed E-state index contributed by atoms with van der Waals surface area (Å²) in [5.41, 5.74) is 1.21. The molecule has 0 saturated carbocycles. The second-order valence-electron chi connectivity index (χ2n) is 7.25. The Morgan fingerprint density at radius 3 is 2.47 bits per heavy atom. The molecule has 1 heterocycles. The molecule has 0 spiro atoms. The van der Waals surface area contributed by atoms with Crippen molar-refractivity contribution in [3.63, 3.8) is 0 Å². The molecule has 2 aromatic carbocycles. The third-order valence-corrected chi connectivity index (χ3v) is 5.38. The molecule has 0 bridgehead atoms. The highest BCUT2D eigenvalue weighted by atomic mass is 35.5. The summed E-state index contributed by atoms with van der Waals surface area (Å²) in [6, 6.07) is 9.48. The number of anilines is 1. The minimum Gasteiger partial charge on any atom is -0.483 e. The number of nitrogens with zero attached hydrogens (tertiary/aromatic N) is 3. The molecule has 170 valence electrons. The molecule has 32 heavy (non-hydrogen) atoms. The van der Waals surface area contributed by atoms with Gasteiger partial charge in [0.15, 0.2) is 6.61 Å². The van der Waals surface area contributed by atoms with Crippen molar-refractivity contribution in [3.8, 4) is 5.75 Å². The van der Waals surface area contributed by atoms with Crippen LogP contribution in [0.25, 0.3) is 0 Å². The summed E-state index contributed by atoms with van der Waals surface area (Å²) >= 11 is 5.93. The second-order valence-corrected chi connectivity index (χ2v) is 7.68. The van der Waals surface area contributed by atoms with E-state index in [1.165, 1.54) is 12.1 Å². The van der Waals surface area contributed by atoms with E-state index in [9.17, 15) is 19.7 Å². The predicted molar refractivity (Wildman–Crippen MR) is 120 cm³/mol. The molecular formula is C22H24ClN3O6. The van der Waals surface area contributed by atoms with E-state index in [-0.39, 0.29) is 30.4 Å². The molecule has 1 aliphatic rings. The van der Waals surface area contributed by atoms with E-state index in [0.29, 0.717) is 42.6 Å². The lowest BCUT2D eigenvalue weighted by Crippen LogP contribution is -2.50. The van der Waals surface area contributed by atoms with Gasteiger partial charge in [0, 0.05) is 37.3 Å². The fourth-order valence-electron chi connectivity index (χ4n) is 3.48. The van der Waals surface area contributed by atoms with Gasteiger partial charge in [-0.05, 0) is 49.7 Å². The van der Waals surface area contributed by atoms with Crippen molar-refractivity contribution in [2.75, 3.05) is 44.3 Å². The van der Waals surface area contributed by atoms with E-state index in [4.69, 9.17) is 21.1 Å². The van der Waals surface area contributed by atoms with Gasteiger partial charge < -0.3 is 19.3 Å². The highest BCUT2D eigenvalue weighted by Crippen LogP contribution is 2.30. The van der Waals surface area contributed by atoms with Gasteiger partial charge >= 0.3 is 5.97 Å². The molecule has 1 aliphatic heterocycles. The largest absolute Gasteiger partial charge is 0.483 e. The summed E-state index contributed by atoms with van der Waals surface area (Å²) in [6.07, 6.45) is 0. The number of carbonyl (C=O) groups is 2. The van der Waals surface area contributed by atoms with Crippen molar-refractivity contribution < 1.29 is 24.0 Å². The third-order valence-electron chi connectivity index (χ3n) is 5.14. The van der Waals surface area contributed by atoms with Crippen LogP contribution in [-0.4, -0.2) is 61.1 Å². The number of carbonyl (C=O) groups excluding carboxylic acids is 2. The van der Waals surface area contributed by atoms with Crippen LogP contribution in [0.15, 0.2) is 36.4 Å². The van der Waals surface area contributed by atoms with Crippen LogP contribution in [0, 0.1) is 17.0 Å². The van der Waals surface area contributed by atoms with Crippen molar-refractivity contribution in [1.29, 1.82) is 0 Å². The Hall–Kier alpha value is -3.33. The molecule has 0 aliphatic carbocycles. The summed E-state index contributed by atoms with van der Waals surface area (Å²) in [5, 5.41) is 12.2. The smallest absolute Gasteiger partial charge is 0.338 e. The van der Waals surface area contributed by atoms with Crippen LogP contribution in [0.3, 0.4) is 0 Å². The molecule has 0 unspecified atom stereocenters.